The monoisotopic (exact) mass is 391 g/mol. The summed E-state index contributed by atoms with van der Waals surface area (Å²) < 4.78 is 1.87. The first-order valence-corrected chi connectivity index (χ1v) is 9.90. The predicted molar refractivity (Wildman–Crippen MR) is 112 cm³/mol. The van der Waals surface area contributed by atoms with Crippen LogP contribution < -0.4 is 10.2 Å². The lowest BCUT2D eigenvalue weighted by Gasteiger charge is -2.40. The van der Waals surface area contributed by atoms with Crippen LogP contribution in [0, 0.1) is 12.8 Å². The minimum absolute atomic E-state index is 0.106. The van der Waals surface area contributed by atoms with Crippen molar-refractivity contribution in [3.63, 3.8) is 0 Å². The van der Waals surface area contributed by atoms with Crippen molar-refractivity contribution < 1.29 is 0 Å². The number of hydrogen-bond donors (Lipinski definition) is 2. The van der Waals surface area contributed by atoms with Crippen LogP contribution in [0.25, 0.3) is 16.7 Å². The Morgan fingerprint density at radius 3 is 2.79 bits per heavy atom. The highest BCUT2D eigenvalue weighted by Crippen LogP contribution is 2.26. The SMILES string of the molecule is Cc1cc2ncnc(NCC3CN(c4ccc5nnc(C(C)(C)C)n5n4)C3)c2[nH]1. The molecule has 1 fully saturated rings. The van der Waals surface area contributed by atoms with E-state index in [9.17, 15) is 0 Å². The smallest absolute Gasteiger partial charge is 0.178 e. The Bertz CT molecular complexity index is 1180. The lowest BCUT2D eigenvalue weighted by molar-refractivity contribution is 0.423. The Balaban J connectivity index is 1.26. The maximum atomic E-state index is 4.79. The molecular weight excluding hydrogens is 366 g/mol. The first-order chi connectivity index (χ1) is 13.9. The zero-order valence-corrected chi connectivity index (χ0v) is 17.1. The first-order valence-electron chi connectivity index (χ1n) is 9.90. The molecule has 0 aliphatic carbocycles. The summed E-state index contributed by atoms with van der Waals surface area (Å²) in [5.41, 5.74) is 3.67. The molecule has 1 aliphatic heterocycles. The number of aromatic amines is 1. The Morgan fingerprint density at radius 1 is 1.17 bits per heavy atom. The lowest BCUT2D eigenvalue weighted by atomic mass is 9.96. The van der Waals surface area contributed by atoms with Crippen LogP contribution in [0.4, 0.5) is 11.6 Å². The molecule has 1 aliphatic rings. The molecule has 5 rings (SSSR count). The maximum Gasteiger partial charge on any atom is 0.178 e. The standard InChI is InChI=1S/C20H25N9/c1-12-7-14-17(24-12)18(23-11-22-14)21-8-13-9-28(10-13)16-6-5-15-25-26-19(20(2,3)4)29(15)27-16/h5-7,11,13,24H,8-10H2,1-4H3,(H,21,22,23). The summed E-state index contributed by atoms with van der Waals surface area (Å²) in [6.07, 6.45) is 1.61. The molecule has 9 heteroatoms. The van der Waals surface area contributed by atoms with Crippen molar-refractivity contribution in [1.82, 2.24) is 34.8 Å². The van der Waals surface area contributed by atoms with Crippen molar-refractivity contribution in [1.29, 1.82) is 0 Å². The number of fused-ring (bicyclic) bond motifs is 2. The van der Waals surface area contributed by atoms with E-state index in [0.717, 1.165) is 59.5 Å². The normalized spacial score (nSPS) is 15.2. The van der Waals surface area contributed by atoms with Gasteiger partial charge in [0.05, 0.1) is 5.52 Å². The van der Waals surface area contributed by atoms with E-state index in [2.05, 4.69) is 56.1 Å². The Hall–Kier alpha value is -3.23. The van der Waals surface area contributed by atoms with Crippen molar-refractivity contribution in [2.75, 3.05) is 29.9 Å². The van der Waals surface area contributed by atoms with Gasteiger partial charge in [-0.2, -0.15) is 4.52 Å². The zero-order chi connectivity index (χ0) is 20.2. The largest absolute Gasteiger partial charge is 0.368 e. The minimum atomic E-state index is -0.106. The summed E-state index contributed by atoms with van der Waals surface area (Å²) in [5, 5.41) is 16.8. The summed E-state index contributed by atoms with van der Waals surface area (Å²) in [5.74, 6) is 3.24. The molecule has 0 unspecified atom stereocenters. The molecule has 0 atom stereocenters. The van der Waals surface area contributed by atoms with Crippen molar-refractivity contribution in [2.45, 2.75) is 33.1 Å². The fourth-order valence-corrected chi connectivity index (χ4v) is 3.75. The molecule has 150 valence electrons. The van der Waals surface area contributed by atoms with Gasteiger partial charge < -0.3 is 15.2 Å². The third-order valence-corrected chi connectivity index (χ3v) is 5.31. The van der Waals surface area contributed by atoms with Gasteiger partial charge in [0.1, 0.15) is 17.7 Å². The highest BCUT2D eigenvalue weighted by Gasteiger charge is 2.29. The number of aromatic nitrogens is 7. The van der Waals surface area contributed by atoms with Gasteiger partial charge in [0, 0.05) is 36.7 Å². The quantitative estimate of drug-likeness (QED) is 0.551. The lowest BCUT2D eigenvalue weighted by Crippen LogP contribution is -2.50. The van der Waals surface area contributed by atoms with Crippen molar-refractivity contribution in [3.8, 4) is 0 Å². The molecule has 0 aromatic carbocycles. The Kier molecular flexibility index (Phi) is 3.94. The van der Waals surface area contributed by atoms with Gasteiger partial charge >= 0.3 is 0 Å². The van der Waals surface area contributed by atoms with Gasteiger partial charge in [0.25, 0.3) is 0 Å². The predicted octanol–water partition coefficient (Wildman–Crippen LogP) is 2.55. The van der Waals surface area contributed by atoms with E-state index < -0.39 is 0 Å². The highest BCUT2D eigenvalue weighted by molar-refractivity contribution is 5.86. The topological polar surface area (TPSA) is 99.9 Å². The van der Waals surface area contributed by atoms with Crippen molar-refractivity contribution >= 4 is 28.3 Å². The maximum absolute atomic E-state index is 4.79. The summed E-state index contributed by atoms with van der Waals surface area (Å²) in [6, 6.07) is 6.04. The van der Waals surface area contributed by atoms with Gasteiger partial charge in [0.2, 0.25) is 0 Å². The van der Waals surface area contributed by atoms with Crippen LogP contribution in [0.5, 0.6) is 0 Å². The molecule has 29 heavy (non-hydrogen) atoms. The number of aryl methyl sites for hydroxylation is 1. The number of nitrogens with one attached hydrogen (secondary N) is 2. The number of nitrogens with zero attached hydrogens (tertiary/aromatic N) is 7. The fraction of sp³-hybridized carbons (Fsp3) is 0.450. The molecule has 0 radical (unpaired) electrons. The zero-order valence-electron chi connectivity index (χ0n) is 17.1. The molecule has 0 spiro atoms. The first kappa shape index (κ1) is 17.8. The third kappa shape index (κ3) is 3.16. The van der Waals surface area contributed by atoms with Gasteiger partial charge in [0.15, 0.2) is 17.3 Å². The van der Waals surface area contributed by atoms with Gasteiger partial charge in [-0.1, -0.05) is 20.8 Å². The summed E-state index contributed by atoms with van der Waals surface area (Å²) >= 11 is 0. The Morgan fingerprint density at radius 2 is 2.00 bits per heavy atom. The number of anilines is 2. The van der Waals surface area contributed by atoms with Gasteiger partial charge in [-0.3, -0.25) is 0 Å². The van der Waals surface area contributed by atoms with E-state index in [0.29, 0.717) is 5.92 Å². The highest BCUT2D eigenvalue weighted by atomic mass is 15.4. The summed E-state index contributed by atoms with van der Waals surface area (Å²) in [7, 11) is 0. The summed E-state index contributed by atoms with van der Waals surface area (Å²) in [4.78, 5) is 14.3. The van der Waals surface area contributed by atoms with Crippen molar-refractivity contribution in [3.05, 3.63) is 36.0 Å². The van der Waals surface area contributed by atoms with E-state index >= 15 is 0 Å². The van der Waals surface area contributed by atoms with E-state index in [1.165, 1.54) is 0 Å². The third-order valence-electron chi connectivity index (χ3n) is 5.31. The molecule has 2 N–H and O–H groups in total. The molecule has 9 nitrogen and oxygen atoms in total. The average molecular weight is 391 g/mol. The number of hydrogen-bond acceptors (Lipinski definition) is 7. The van der Waals surface area contributed by atoms with Crippen LogP contribution in [0.15, 0.2) is 24.5 Å². The van der Waals surface area contributed by atoms with Crippen LogP contribution in [0.1, 0.15) is 32.3 Å². The fourth-order valence-electron chi connectivity index (χ4n) is 3.75. The van der Waals surface area contributed by atoms with E-state index in [-0.39, 0.29) is 5.41 Å². The van der Waals surface area contributed by atoms with Crippen LogP contribution in [0.2, 0.25) is 0 Å². The molecule has 0 amide bonds. The second-order valence-corrected chi connectivity index (χ2v) is 8.82. The van der Waals surface area contributed by atoms with Gasteiger partial charge in [-0.05, 0) is 25.1 Å². The average Bonchev–Trinajstić information content (AvgIpc) is 3.22. The second-order valence-electron chi connectivity index (χ2n) is 8.82. The Labute approximate surface area is 168 Å². The minimum Gasteiger partial charge on any atom is -0.368 e. The molecular formula is C20H25N9. The van der Waals surface area contributed by atoms with Crippen molar-refractivity contribution in [2.24, 2.45) is 5.92 Å². The van der Waals surface area contributed by atoms with E-state index in [1.807, 2.05) is 29.6 Å². The molecule has 0 saturated carbocycles. The van der Waals surface area contributed by atoms with Crippen LogP contribution in [-0.4, -0.2) is 54.4 Å². The molecule has 1 saturated heterocycles. The number of H-pyrrole nitrogens is 1. The van der Waals surface area contributed by atoms with Gasteiger partial charge in [-0.25, -0.2) is 9.97 Å². The van der Waals surface area contributed by atoms with Crippen LogP contribution in [0.3, 0.4) is 0 Å². The van der Waals surface area contributed by atoms with Gasteiger partial charge in [-0.15, -0.1) is 15.3 Å². The second kappa shape index (κ2) is 6.40. The molecule has 4 aromatic heterocycles. The number of rotatable bonds is 4. The molecule has 4 aromatic rings. The molecule has 0 bridgehead atoms. The van der Waals surface area contributed by atoms with Crippen LogP contribution in [-0.2, 0) is 5.41 Å². The van der Waals surface area contributed by atoms with E-state index in [1.54, 1.807) is 6.33 Å². The molecule has 5 heterocycles. The van der Waals surface area contributed by atoms with E-state index in [4.69, 9.17) is 5.10 Å². The van der Waals surface area contributed by atoms with Crippen LogP contribution >= 0.6 is 0 Å². The summed E-state index contributed by atoms with van der Waals surface area (Å²) in [6.45, 7) is 11.2.